The molecule has 168 valence electrons. The van der Waals surface area contributed by atoms with E-state index in [0.29, 0.717) is 41.0 Å². The predicted octanol–water partition coefficient (Wildman–Crippen LogP) is 4.63. The SMILES string of the molecule is CCn1c(SCc2noc(-c3cccs3)n2)nc2cc(S(=O)(=O)N3CCCCC3)ccc21. The Hall–Kier alpha value is -2.21. The summed E-state index contributed by atoms with van der Waals surface area (Å²) in [7, 11) is -3.49. The molecule has 0 aliphatic carbocycles. The molecular weight excluding hydrogens is 466 g/mol. The van der Waals surface area contributed by atoms with Crippen LogP contribution in [0.2, 0.25) is 0 Å². The normalized spacial score (nSPS) is 15.5. The van der Waals surface area contributed by atoms with Gasteiger partial charge in [0.2, 0.25) is 10.0 Å². The Balaban J connectivity index is 1.39. The van der Waals surface area contributed by atoms with Crippen molar-refractivity contribution in [2.45, 2.75) is 48.5 Å². The smallest absolute Gasteiger partial charge is 0.268 e. The Morgan fingerprint density at radius 2 is 2.00 bits per heavy atom. The van der Waals surface area contributed by atoms with Gasteiger partial charge >= 0.3 is 0 Å². The first-order chi connectivity index (χ1) is 15.6. The monoisotopic (exact) mass is 489 g/mol. The van der Waals surface area contributed by atoms with E-state index in [1.54, 1.807) is 27.8 Å². The van der Waals surface area contributed by atoms with Gasteiger partial charge in [-0.1, -0.05) is 29.4 Å². The first-order valence-corrected chi connectivity index (χ1v) is 13.9. The Morgan fingerprint density at radius 1 is 1.16 bits per heavy atom. The zero-order valence-electron chi connectivity index (χ0n) is 17.6. The zero-order chi connectivity index (χ0) is 22.1. The topological polar surface area (TPSA) is 94.1 Å². The molecule has 5 rings (SSSR count). The van der Waals surface area contributed by atoms with Crippen LogP contribution >= 0.6 is 23.1 Å². The molecule has 8 nitrogen and oxygen atoms in total. The molecule has 1 saturated heterocycles. The Labute approximate surface area is 194 Å². The second-order valence-electron chi connectivity index (χ2n) is 7.54. The van der Waals surface area contributed by atoms with Crippen LogP contribution in [-0.2, 0) is 22.3 Å². The molecule has 0 atom stereocenters. The number of aromatic nitrogens is 4. The van der Waals surface area contributed by atoms with Gasteiger partial charge in [0.15, 0.2) is 11.0 Å². The number of nitrogens with zero attached hydrogens (tertiary/aromatic N) is 5. The maximum Gasteiger partial charge on any atom is 0.268 e. The molecule has 1 aliphatic heterocycles. The summed E-state index contributed by atoms with van der Waals surface area (Å²) >= 11 is 3.07. The second-order valence-corrected chi connectivity index (χ2v) is 11.4. The van der Waals surface area contributed by atoms with Gasteiger partial charge in [0.05, 0.1) is 26.6 Å². The van der Waals surface area contributed by atoms with Crippen molar-refractivity contribution < 1.29 is 12.9 Å². The third kappa shape index (κ3) is 4.09. The lowest BCUT2D eigenvalue weighted by Crippen LogP contribution is -2.35. The van der Waals surface area contributed by atoms with Gasteiger partial charge in [-0.15, -0.1) is 11.3 Å². The minimum absolute atomic E-state index is 0.308. The van der Waals surface area contributed by atoms with Gasteiger partial charge in [-0.25, -0.2) is 13.4 Å². The van der Waals surface area contributed by atoms with Crippen LogP contribution in [0.3, 0.4) is 0 Å². The van der Waals surface area contributed by atoms with E-state index in [2.05, 4.69) is 14.7 Å². The fraction of sp³-hybridized carbons (Fsp3) is 0.381. The first-order valence-electron chi connectivity index (χ1n) is 10.6. The summed E-state index contributed by atoms with van der Waals surface area (Å²) in [6, 6.07) is 9.14. The van der Waals surface area contributed by atoms with E-state index >= 15 is 0 Å². The Morgan fingerprint density at radius 3 is 2.75 bits per heavy atom. The number of benzene rings is 1. The van der Waals surface area contributed by atoms with Gasteiger partial charge in [0.25, 0.3) is 5.89 Å². The third-order valence-corrected chi connectivity index (χ3v) is 9.21. The van der Waals surface area contributed by atoms with Crippen LogP contribution < -0.4 is 0 Å². The lowest BCUT2D eigenvalue weighted by molar-refractivity contribution is 0.346. The highest BCUT2D eigenvalue weighted by molar-refractivity contribution is 7.98. The van der Waals surface area contributed by atoms with Crippen molar-refractivity contribution in [3.05, 3.63) is 41.5 Å². The van der Waals surface area contributed by atoms with Gasteiger partial charge in [0, 0.05) is 19.6 Å². The van der Waals surface area contributed by atoms with Crippen molar-refractivity contribution in [3.8, 4) is 10.8 Å². The highest BCUT2D eigenvalue weighted by Crippen LogP contribution is 2.30. The number of fused-ring (bicyclic) bond motifs is 1. The van der Waals surface area contributed by atoms with E-state index < -0.39 is 10.0 Å². The molecule has 0 radical (unpaired) electrons. The first kappa shape index (κ1) is 21.6. The maximum atomic E-state index is 13.1. The summed E-state index contributed by atoms with van der Waals surface area (Å²) in [6.45, 7) is 3.95. The molecule has 0 amide bonds. The number of thiophene rings is 1. The average molecular weight is 490 g/mol. The molecule has 0 spiro atoms. The quantitative estimate of drug-likeness (QED) is 0.349. The molecular formula is C21H23N5O3S3. The van der Waals surface area contributed by atoms with Gasteiger partial charge in [-0.2, -0.15) is 9.29 Å². The average Bonchev–Trinajstić information content (AvgIpc) is 3.57. The highest BCUT2D eigenvalue weighted by atomic mass is 32.2. The van der Waals surface area contributed by atoms with Crippen LogP contribution in [0, 0.1) is 0 Å². The van der Waals surface area contributed by atoms with E-state index in [1.807, 2.05) is 30.5 Å². The number of rotatable bonds is 7. The molecule has 0 N–H and O–H groups in total. The molecule has 0 bridgehead atoms. The number of piperidine rings is 1. The summed E-state index contributed by atoms with van der Waals surface area (Å²) in [6.07, 6.45) is 2.91. The summed E-state index contributed by atoms with van der Waals surface area (Å²) in [5, 5.41) is 6.85. The number of sulfonamides is 1. The number of hydrogen-bond donors (Lipinski definition) is 0. The number of thioether (sulfide) groups is 1. The van der Waals surface area contributed by atoms with E-state index in [1.165, 1.54) is 11.8 Å². The van der Waals surface area contributed by atoms with E-state index in [9.17, 15) is 8.42 Å². The van der Waals surface area contributed by atoms with Gasteiger partial charge < -0.3 is 9.09 Å². The van der Waals surface area contributed by atoms with Crippen molar-refractivity contribution in [2.75, 3.05) is 13.1 Å². The van der Waals surface area contributed by atoms with Crippen LogP contribution in [0.25, 0.3) is 21.8 Å². The van der Waals surface area contributed by atoms with Gasteiger partial charge in [0.1, 0.15) is 0 Å². The predicted molar refractivity (Wildman–Crippen MR) is 125 cm³/mol. The minimum Gasteiger partial charge on any atom is -0.333 e. The fourth-order valence-electron chi connectivity index (χ4n) is 3.86. The molecule has 32 heavy (non-hydrogen) atoms. The zero-order valence-corrected chi connectivity index (χ0v) is 20.0. The molecule has 0 unspecified atom stereocenters. The second kappa shape index (κ2) is 8.97. The van der Waals surface area contributed by atoms with Crippen molar-refractivity contribution in [1.82, 2.24) is 24.0 Å². The standard InChI is InChI=1S/C21H23N5O3S3/c1-2-26-17-9-8-15(32(27,28)25-10-4-3-5-11-25)13-16(17)22-21(26)31-14-19-23-20(29-24-19)18-7-6-12-30-18/h6-9,12-13H,2-5,10-11,14H2,1H3. The lowest BCUT2D eigenvalue weighted by atomic mass is 10.2. The number of imidazole rings is 1. The molecule has 1 aliphatic rings. The van der Waals surface area contributed by atoms with Crippen molar-refractivity contribution in [1.29, 1.82) is 0 Å². The molecule has 1 fully saturated rings. The Bertz CT molecular complexity index is 1320. The number of aryl methyl sites for hydroxylation is 1. The summed E-state index contributed by atoms with van der Waals surface area (Å²) < 4.78 is 35.2. The van der Waals surface area contributed by atoms with Gasteiger partial charge in [-0.3, -0.25) is 0 Å². The van der Waals surface area contributed by atoms with E-state index in [4.69, 9.17) is 9.51 Å². The van der Waals surface area contributed by atoms with Crippen molar-refractivity contribution in [3.63, 3.8) is 0 Å². The Kier molecular flexibility index (Phi) is 6.06. The minimum atomic E-state index is -3.49. The van der Waals surface area contributed by atoms with Crippen LogP contribution in [0.15, 0.2) is 50.3 Å². The van der Waals surface area contributed by atoms with Crippen LogP contribution in [0.4, 0.5) is 0 Å². The van der Waals surface area contributed by atoms with E-state index in [0.717, 1.165) is 41.4 Å². The third-order valence-electron chi connectivity index (χ3n) is 5.48. The summed E-state index contributed by atoms with van der Waals surface area (Å²) in [5.41, 5.74) is 1.60. The fourth-order valence-corrected chi connectivity index (χ4v) is 6.96. The van der Waals surface area contributed by atoms with E-state index in [-0.39, 0.29) is 0 Å². The molecule has 4 aromatic rings. The van der Waals surface area contributed by atoms with Crippen molar-refractivity contribution in [2.24, 2.45) is 0 Å². The van der Waals surface area contributed by atoms with Crippen LogP contribution in [-0.4, -0.2) is 45.5 Å². The highest BCUT2D eigenvalue weighted by Gasteiger charge is 2.26. The van der Waals surface area contributed by atoms with Crippen LogP contribution in [0.5, 0.6) is 0 Å². The number of hydrogen-bond acceptors (Lipinski definition) is 8. The summed E-state index contributed by atoms with van der Waals surface area (Å²) in [5.74, 6) is 1.63. The molecule has 11 heteroatoms. The maximum absolute atomic E-state index is 13.1. The largest absolute Gasteiger partial charge is 0.333 e. The molecule has 0 saturated carbocycles. The molecule has 1 aromatic carbocycles. The molecule has 4 heterocycles. The molecule has 3 aromatic heterocycles. The van der Waals surface area contributed by atoms with Crippen LogP contribution in [0.1, 0.15) is 32.0 Å². The summed E-state index contributed by atoms with van der Waals surface area (Å²) in [4.78, 5) is 10.4. The van der Waals surface area contributed by atoms with Crippen molar-refractivity contribution >= 4 is 44.2 Å². The lowest BCUT2D eigenvalue weighted by Gasteiger charge is -2.25. The van der Waals surface area contributed by atoms with Gasteiger partial charge in [-0.05, 0) is 49.4 Å².